The van der Waals surface area contributed by atoms with E-state index in [0.717, 1.165) is 56.3 Å². The lowest BCUT2D eigenvalue weighted by molar-refractivity contribution is 0.114. The number of nitrogens with one attached hydrogen (secondary N) is 2. The van der Waals surface area contributed by atoms with Crippen LogP contribution in [0.3, 0.4) is 0 Å². The summed E-state index contributed by atoms with van der Waals surface area (Å²) in [6.45, 7) is 14.6. The predicted octanol–water partition coefficient (Wildman–Crippen LogP) is 2.95. The number of rotatable bonds is 9. The molecule has 1 aliphatic rings. The Morgan fingerprint density at radius 3 is 2.72 bits per heavy atom. The number of likely N-dealkylation sites (tertiary alicyclic amines) is 1. The van der Waals surface area contributed by atoms with Crippen LogP contribution in [-0.4, -0.2) is 67.4 Å². The summed E-state index contributed by atoms with van der Waals surface area (Å²) in [6, 6.07) is 8.23. The maximum atomic E-state index is 10.2. The van der Waals surface area contributed by atoms with Crippen LogP contribution in [0.1, 0.15) is 32.3 Å². The summed E-state index contributed by atoms with van der Waals surface area (Å²) in [7, 11) is 0. The molecule has 0 amide bonds. The summed E-state index contributed by atoms with van der Waals surface area (Å²) >= 11 is 0. The van der Waals surface area contributed by atoms with Gasteiger partial charge in [-0.25, -0.2) is 0 Å². The predicted molar refractivity (Wildman–Crippen MR) is 131 cm³/mol. The zero-order valence-corrected chi connectivity index (χ0v) is 20.3. The van der Waals surface area contributed by atoms with Crippen molar-refractivity contribution in [2.45, 2.75) is 45.8 Å². The fraction of sp³-hybridized carbons (Fsp3) is 0.591. The number of halogens is 1. The molecule has 1 atom stereocenters. The number of aliphatic hydroxyl groups is 1. The van der Waals surface area contributed by atoms with Gasteiger partial charge in [0.2, 0.25) is 0 Å². The molecule has 1 aromatic rings. The van der Waals surface area contributed by atoms with Gasteiger partial charge in [-0.15, -0.1) is 24.0 Å². The minimum atomic E-state index is -0.645. The molecule has 1 aliphatic heterocycles. The van der Waals surface area contributed by atoms with E-state index in [1.807, 2.05) is 38.1 Å². The van der Waals surface area contributed by atoms with Crippen molar-refractivity contribution in [3.8, 4) is 5.75 Å². The molecule has 0 aliphatic carbocycles. The largest absolute Gasteiger partial charge is 0.491 e. The Kier molecular flexibility index (Phi) is 12.3. The van der Waals surface area contributed by atoms with E-state index < -0.39 is 6.10 Å². The van der Waals surface area contributed by atoms with Crippen LogP contribution in [-0.2, 0) is 0 Å². The first kappa shape index (κ1) is 25.7. The molecule has 6 nitrogen and oxygen atoms in total. The zero-order chi connectivity index (χ0) is 20.4. The Labute approximate surface area is 192 Å². The molecule has 3 N–H and O–H groups in total. The Balaban J connectivity index is 0.00000420. The maximum Gasteiger partial charge on any atom is 0.191 e. The molecule has 1 aromatic carbocycles. The van der Waals surface area contributed by atoms with Gasteiger partial charge in [-0.3, -0.25) is 9.89 Å². The van der Waals surface area contributed by atoms with Crippen LogP contribution in [0.5, 0.6) is 5.75 Å². The molecule has 0 aromatic heterocycles. The number of piperidine rings is 1. The molecule has 1 unspecified atom stereocenters. The second-order valence-corrected chi connectivity index (χ2v) is 7.65. The minimum absolute atomic E-state index is 0. The minimum Gasteiger partial charge on any atom is -0.491 e. The van der Waals surface area contributed by atoms with Crippen LogP contribution in [0.25, 0.3) is 0 Å². The van der Waals surface area contributed by atoms with Crippen molar-refractivity contribution < 1.29 is 9.84 Å². The highest BCUT2D eigenvalue weighted by Crippen LogP contribution is 2.13. The molecule has 0 saturated carbocycles. The summed E-state index contributed by atoms with van der Waals surface area (Å²) in [4.78, 5) is 6.98. The van der Waals surface area contributed by atoms with Gasteiger partial charge in [0.1, 0.15) is 18.5 Å². The average molecular weight is 516 g/mol. The molecule has 0 spiro atoms. The highest BCUT2D eigenvalue weighted by molar-refractivity contribution is 14.0. The summed E-state index contributed by atoms with van der Waals surface area (Å²) in [5, 5.41) is 17.0. The number of nitrogens with zero attached hydrogens (tertiary/aromatic N) is 2. The van der Waals surface area contributed by atoms with E-state index in [1.54, 1.807) is 0 Å². The molecule has 164 valence electrons. The van der Waals surface area contributed by atoms with E-state index in [4.69, 9.17) is 4.74 Å². The van der Waals surface area contributed by atoms with Gasteiger partial charge >= 0.3 is 0 Å². The molecule has 0 bridgehead atoms. The molecule has 29 heavy (non-hydrogen) atoms. The number of hydrogen-bond acceptors (Lipinski definition) is 4. The third-order valence-corrected chi connectivity index (χ3v) is 4.66. The fourth-order valence-electron chi connectivity index (χ4n) is 3.28. The smallest absolute Gasteiger partial charge is 0.191 e. The topological polar surface area (TPSA) is 69.1 Å². The van der Waals surface area contributed by atoms with Crippen molar-refractivity contribution in [1.82, 2.24) is 15.5 Å². The molecule has 0 radical (unpaired) electrons. The van der Waals surface area contributed by atoms with E-state index >= 15 is 0 Å². The van der Waals surface area contributed by atoms with Gasteiger partial charge in [-0.2, -0.15) is 0 Å². The normalized spacial score (nSPS) is 16.6. The van der Waals surface area contributed by atoms with Crippen molar-refractivity contribution in [3.05, 3.63) is 42.0 Å². The van der Waals surface area contributed by atoms with E-state index in [9.17, 15) is 5.11 Å². The summed E-state index contributed by atoms with van der Waals surface area (Å²) in [5.74, 6) is 1.53. The molecule has 7 heteroatoms. The summed E-state index contributed by atoms with van der Waals surface area (Å²) in [6.07, 6.45) is 1.52. The van der Waals surface area contributed by atoms with Gasteiger partial charge in [-0.05, 0) is 51.3 Å². The number of aliphatic hydroxyl groups excluding tert-OH is 1. The van der Waals surface area contributed by atoms with E-state index in [1.165, 1.54) is 5.57 Å². The van der Waals surface area contributed by atoms with Gasteiger partial charge in [-0.1, -0.05) is 24.3 Å². The van der Waals surface area contributed by atoms with Crippen molar-refractivity contribution in [2.24, 2.45) is 4.99 Å². The van der Waals surface area contributed by atoms with E-state index in [-0.39, 0.29) is 30.6 Å². The van der Waals surface area contributed by atoms with E-state index in [0.29, 0.717) is 12.6 Å². The first-order valence-corrected chi connectivity index (χ1v) is 10.3. The van der Waals surface area contributed by atoms with Crippen LogP contribution in [0.15, 0.2) is 41.4 Å². The van der Waals surface area contributed by atoms with Crippen molar-refractivity contribution in [1.29, 1.82) is 0 Å². The van der Waals surface area contributed by atoms with E-state index in [2.05, 4.69) is 34.0 Å². The maximum absolute atomic E-state index is 10.2. The number of aliphatic imine (C=N–C) groups is 1. The second kappa shape index (κ2) is 13.8. The highest BCUT2D eigenvalue weighted by atomic mass is 127. The zero-order valence-electron chi connectivity index (χ0n) is 18.0. The Bertz CT molecular complexity index is 645. The Morgan fingerprint density at radius 1 is 1.38 bits per heavy atom. The lowest BCUT2D eigenvalue weighted by Gasteiger charge is -2.33. The monoisotopic (exact) mass is 516 g/mol. The quantitative estimate of drug-likeness (QED) is 0.204. The number of hydrogen-bond donors (Lipinski definition) is 3. The van der Waals surface area contributed by atoms with Crippen LogP contribution in [0.4, 0.5) is 0 Å². The molecule has 1 saturated heterocycles. The molecule has 1 fully saturated rings. The number of benzene rings is 1. The van der Waals surface area contributed by atoms with Gasteiger partial charge in [0, 0.05) is 32.2 Å². The number of aryl methyl sites for hydroxylation is 1. The van der Waals surface area contributed by atoms with Crippen molar-refractivity contribution in [2.75, 3.05) is 39.3 Å². The average Bonchev–Trinajstić information content (AvgIpc) is 2.66. The van der Waals surface area contributed by atoms with Crippen LogP contribution in [0.2, 0.25) is 0 Å². The lowest BCUT2D eigenvalue weighted by Crippen LogP contribution is -2.49. The van der Waals surface area contributed by atoms with Gasteiger partial charge in [0.15, 0.2) is 5.96 Å². The third-order valence-electron chi connectivity index (χ3n) is 4.66. The first-order valence-electron chi connectivity index (χ1n) is 10.3. The molecular formula is C22H37IN4O2. The van der Waals surface area contributed by atoms with Gasteiger partial charge in [0.05, 0.1) is 6.54 Å². The Morgan fingerprint density at radius 2 is 2.10 bits per heavy atom. The molecular weight excluding hydrogens is 479 g/mol. The molecule has 1 heterocycles. The lowest BCUT2D eigenvalue weighted by atomic mass is 10.0. The Hall–Kier alpha value is -1.32. The highest BCUT2D eigenvalue weighted by Gasteiger charge is 2.19. The molecule has 2 rings (SSSR count). The standard InChI is InChI=1S/C22H36N4O2.HI/c1-5-23-22(25-19-9-11-26(12-10-19)15-17(2)3)24-14-20(27)16-28-21-8-6-7-18(4)13-21;/h6-8,13,19-20,27H,2,5,9-12,14-16H2,1,3-4H3,(H2,23,24,25);1H. The van der Waals surface area contributed by atoms with Crippen LogP contribution >= 0.6 is 24.0 Å². The van der Waals surface area contributed by atoms with Crippen LogP contribution in [0, 0.1) is 6.92 Å². The SMILES string of the molecule is C=C(C)CN1CCC(NC(=NCC(O)COc2cccc(C)c2)NCC)CC1.I. The van der Waals surface area contributed by atoms with Gasteiger partial charge < -0.3 is 20.5 Å². The summed E-state index contributed by atoms with van der Waals surface area (Å²) in [5.41, 5.74) is 2.35. The van der Waals surface area contributed by atoms with Crippen LogP contribution < -0.4 is 15.4 Å². The van der Waals surface area contributed by atoms with Crippen molar-refractivity contribution in [3.63, 3.8) is 0 Å². The van der Waals surface area contributed by atoms with Gasteiger partial charge in [0.25, 0.3) is 0 Å². The summed E-state index contributed by atoms with van der Waals surface area (Å²) < 4.78 is 5.66. The van der Waals surface area contributed by atoms with Crippen molar-refractivity contribution >= 4 is 29.9 Å². The number of guanidine groups is 1. The number of ether oxygens (including phenoxy) is 1. The first-order chi connectivity index (χ1) is 13.5. The third kappa shape index (κ3) is 10.3. The second-order valence-electron chi connectivity index (χ2n) is 7.65. The fourth-order valence-corrected chi connectivity index (χ4v) is 3.28.